The Balaban J connectivity index is 1.21. The second-order valence-electron chi connectivity index (χ2n) is 11.0. The van der Waals surface area contributed by atoms with Gasteiger partial charge in [0.05, 0.1) is 53.6 Å². The molecule has 222 valence electrons. The molecule has 43 heavy (non-hydrogen) atoms. The second-order valence-corrected chi connectivity index (χ2v) is 12.9. The molecule has 1 aliphatic carbocycles. The number of hydrogen-bond acceptors (Lipinski definition) is 6. The Morgan fingerprint density at radius 2 is 1.79 bits per heavy atom. The van der Waals surface area contributed by atoms with Crippen LogP contribution in [0.15, 0.2) is 73.3 Å². The minimum atomic E-state index is -3.75. The number of fused-ring (bicyclic) bond motifs is 1. The van der Waals surface area contributed by atoms with E-state index < -0.39 is 26.9 Å². The lowest BCUT2D eigenvalue weighted by Crippen LogP contribution is -2.38. The van der Waals surface area contributed by atoms with Crippen molar-refractivity contribution in [2.45, 2.75) is 24.6 Å². The first-order valence-electron chi connectivity index (χ1n) is 14.3. The van der Waals surface area contributed by atoms with Crippen molar-refractivity contribution in [3.63, 3.8) is 0 Å². The number of benzene rings is 3. The minimum Gasteiger partial charge on any atom is -0.379 e. The van der Waals surface area contributed by atoms with Crippen molar-refractivity contribution in [2.75, 3.05) is 37.6 Å². The summed E-state index contributed by atoms with van der Waals surface area (Å²) < 4.78 is 66.9. The van der Waals surface area contributed by atoms with Crippen LogP contribution in [0.5, 0.6) is 0 Å². The highest BCUT2D eigenvalue weighted by molar-refractivity contribution is 7.93. The number of anilines is 1. The quantitative estimate of drug-likeness (QED) is 0.253. The van der Waals surface area contributed by atoms with E-state index in [1.807, 2.05) is 35.3 Å². The van der Waals surface area contributed by atoms with Crippen LogP contribution in [-0.4, -0.2) is 70.7 Å². The maximum atomic E-state index is 15.8. The third-order valence-corrected chi connectivity index (χ3v) is 9.80. The summed E-state index contributed by atoms with van der Waals surface area (Å²) in [5.74, 6) is -1.29. The lowest BCUT2D eigenvalue weighted by molar-refractivity contribution is 0.0360. The van der Waals surface area contributed by atoms with Gasteiger partial charge in [0.25, 0.3) is 0 Å². The van der Waals surface area contributed by atoms with E-state index in [4.69, 9.17) is 4.74 Å². The molecule has 1 saturated heterocycles. The monoisotopic (exact) mass is 604 g/mol. The molecule has 3 heterocycles. The van der Waals surface area contributed by atoms with E-state index in [0.29, 0.717) is 29.6 Å². The van der Waals surface area contributed by atoms with Crippen molar-refractivity contribution >= 4 is 26.7 Å². The molecule has 12 heteroatoms. The molecule has 1 N–H and O–H groups in total. The molecule has 1 saturated carbocycles. The molecule has 2 aromatic heterocycles. The van der Waals surface area contributed by atoms with E-state index >= 15 is 4.39 Å². The Morgan fingerprint density at radius 3 is 2.58 bits per heavy atom. The molecule has 0 unspecified atom stereocenters. The van der Waals surface area contributed by atoms with Crippen LogP contribution < -0.4 is 4.72 Å². The lowest BCUT2D eigenvalue weighted by atomic mass is 10.0. The fourth-order valence-electron chi connectivity index (χ4n) is 5.41. The Bertz CT molecular complexity index is 1910. The van der Waals surface area contributed by atoms with E-state index in [2.05, 4.69) is 19.7 Å². The Kier molecular flexibility index (Phi) is 7.20. The van der Waals surface area contributed by atoms with Crippen LogP contribution in [0, 0.1) is 11.6 Å². The van der Waals surface area contributed by atoms with Gasteiger partial charge in [-0.15, -0.1) is 0 Å². The predicted octanol–water partition coefficient (Wildman–Crippen LogP) is 5.07. The molecule has 0 atom stereocenters. The van der Waals surface area contributed by atoms with Crippen LogP contribution in [0.1, 0.15) is 12.8 Å². The minimum absolute atomic E-state index is 0.0773. The molecule has 7 rings (SSSR count). The highest BCUT2D eigenvalue weighted by Crippen LogP contribution is 2.36. The number of hydrogen-bond donors (Lipinski definition) is 1. The summed E-state index contributed by atoms with van der Waals surface area (Å²) in [4.78, 5) is 6.95. The van der Waals surface area contributed by atoms with Crippen molar-refractivity contribution < 1.29 is 21.9 Å². The zero-order valence-corrected chi connectivity index (χ0v) is 24.1. The van der Waals surface area contributed by atoms with E-state index in [1.165, 1.54) is 24.3 Å². The first kappa shape index (κ1) is 27.7. The highest BCUT2D eigenvalue weighted by Gasteiger charge is 2.36. The number of rotatable bonds is 9. The average Bonchev–Trinajstić information content (AvgIpc) is 3.64. The summed E-state index contributed by atoms with van der Waals surface area (Å²) in [6.45, 7) is 5.07. The molecule has 9 nitrogen and oxygen atoms in total. The summed E-state index contributed by atoms with van der Waals surface area (Å²) in [6.07, 6.45) is 6.54. The summed E-state index contributed by atoms with van der Waals surface area (Å²) >= 11 is 0. The van der Waals surface area contributed by atoms with Gasteiger partial charge in [0, 0.05) is 37.0 Å². The molecule has 1 aliphatic heterocycles. The number of halogens is 2. The third kappa shape index (κ3) is 5.77. The molecule has 0 bridgehead atoms. The standard InChI is InChI=1S/C31H30F2N6O3S/c32-24-3-1-2-22(14-24)27-16-25(17-29(31(27)33)36-43(40,41)26-5-6-26)39-20-34-28-15-21(4-7-30(28)39)23-18-35-38(19-23)9-8-37-10-12-42-13-11-37/h1-4,7,14-20,26,36H,5-6,8-13H2. The Labute approximate surface area is 247 Å². The normalized spacial score (nSPS) is 16.1. The van der Waals surface area contributed by atoms with Crippen molar-refractivity contribution in [3.05, 3.63) is 85.0 Å². The van der Waals surface area contributed by atoms with Crippen molar-refractivity contribution in [2.24, 2.45) is 0 Å². The van der Waals surface area contributed by atoms with Crippen LogP contribution in [-0.2, 0) is 21.3 Å². The van der Waals surface area contributed by atoms with E-state index in [9.17, 15) is 12.8 Å². The summed E-state index contributed by atoms with van der Waals surface area (Å²) in [5, 5.41) is 4.00. The highest BCUT2D eigenvalue weighted by atomic mass is 32.2. The lowest BCUT2D eigenvalue weighted by Gasteiger charge is -2.26. The molecular formula is C31H30F2N6O3S. The van der Waals surface area contributed by atoms with E-state index in [0.717, 1.165) is 56.0 Å². The fraction of sp³-hybridized carbons (Fsp3) is 0.290. The van der Waals surface area contributed by atoms with Crippen molar-refractivity contribution in [1.82, 2.24) is 24.2 Å². The largest absolute Gasteiger partial charge is 0.379 e. The molecule has 2 aliphatic rings. The SMILES string of the molecule is O=S(=O)(Nc1cc(-n2cnc3cc(-c4cnn(CCN5CCOCC5)c4)ccc32)cc(-c2cccc(F)c2)c1F)C1CC1. The predicted molar refractivity (Wildman–Crippen MR) is 160 cm³/mol. The number of nitrogens with one attached hydrogen (secondary N) is 1. The number of sulfonamides is 1. The zero-order chi connectivity index (χ0) is 29.6. The Morgan fingerprint density at radius 1 is 0.953 bits per heavy atom. The molecule has 3 aromatic carbocycles. The number of ether oxygens (including phenoxy) is 1. The van der Waals surface area contributed by atoms with Gasteiger partial charge in [-0.1, -0.05) is 18.2 Å². The maximum absolute atomic E-state index is 15.8. The van der Waals surface area contributed by atoms with Gasteiger partial charge in [0.1, 0.15) is 12.1 Å². The van der Waals surface area contributed by atoms with Gasteiger partial charge in [0.15, 0.2) is 5.82 Å². The van der Waals surface area contributed by atoms with Gasteiger partial charge in [-0.3, -0.25) is 18.9 Å². The van der Waals surface area contributed by atoms with Crippen LogP contribution in [0.2, 0.25) is 0 Å². The molecule has 2 fully saturated rings. The summed E-state index contributed by atoms with van der Waals surface area (Å²) in [7, 11) is -3.75. The molecule has 0 spiro atoms. The smallest absolute Gasteiger partial charge is 0.235 e. The van der Waals surface area contributed by atoms with Gasteiger partial charge in [-0.05, 0) is 60.4 Å². The fourth-order valence-corrected chi connectivity index (χ4v) is 6.78. The Hall–Kier alpha value is -4.13. The number of nitrogens with zero attached hydrogens (tertiary/aromatic N) is 5. The number of morpholine rings is 1. The maximum Gasteiger partial charge on any atom is 0.235 e. The van der Waals surface area contributed by atoms with E-state index in [-0.39, 0.29) is 11.3 Å². The van der Waals surface area contributed by atoms with Crippen LogP contribution in [0.4, 0.5) is 14.5 Å². The molecule has 0 radical (unpaired) electrons. The molecule has 5 aromatic rings. The van der Waals surface area contributed by atoms with Crippen LogP contribution in [0.25, 0.3) is 39.0 Å². The van der Waals surface area contributed by atoms with E-state index in [1.54, 1.807) is 23.0 Å². The van der Waals surface area contributed by atoms with Crippen LogP contribution in [0.3, 0.4) is 0 Å². The summed E-state index contributed by atoms with van der Waals surface area (Å²) in [5.41, 5.74) is 4.04. The van der Waals surface area contributed by atoms with Crippen molar-refractivity contribution in [1.29, 1.82) is 0 Å². The topological polar surface area (TPSA) is 94.3 Å². The third-order valence-electron chi connectivity index (χ3n) is 7.95. The second kappa shape index (κ2) is 11.2. The number of aromatic nitrogens is 4. The van der Waals surface area contributed by atoms with Crippen molar-refractivity contribution in [3.8, 4) is 27.9 Å². The van der Waals surface area contributed by atoms with Gasteiger partial charge in [-0.25, -0.2) is 22.2 Å². The van der Waals surface area contributed by atoms with Gasteiger partial charge < -0.3 is 4.74 Å². The first-order valence-corrected chi connectivity index (χ1v) is 15.8. The molecule has 0 amide bonds. The van der Waals surface area contributed by atoms with Crippen LogP contribution >= 0.6 is 0 Å². The zero-order valence-electron chi connectivity index (χ0n) is 23.3. The molecular weight excluding hydrogens is 574 g/mol. The van der Waals surface area contributed by atoms with Gasteiger partial charge in [0.2, 0.25) is 10.0 Å². The van der Waals surface area contributed by atoms with Gasteiger partial charge >= 0.3 is 0 Å². The number of imidazole rings is 1. The first-order chi connectivity index (χ1) is 20.8. The van der Waals surface area contributed by atoms with Gasteiger partial charge in [-0.2, -0.15) is 5.10 Å². The summed E-state index contributed by atoms with van der Waals surface area (Å²) in [6, 6.07) is 14.5. The average molecular weight is 605 g/mol.